The average molecular weight is 266 g/mol. The molecule has 1 aromatic heterocycles. The number of fused-ring (bicyclic) bond motifs is 3. The summed E-state index contributed by atoms with van der Waals surface area (Å²) < 4.78 is 5.67. The molecular weight excluding hydrogens is 248 g/mol. The summed E-state index contributed by atoms with van der Waals surface area (Å²) in [7, 11) is 2.21. The zero-order valence-corrected chi connectivity index (χ0v) is 11.6. The third-order valence-corrected chi connectivity index (χ3v) is 4.56. The van der Waals surface area contributed by atoms with E-state index in [1.165, 1.54) is 21.9 Å². The number of likely N-dealkylation sites (N-methyl/N-ethyl adjacent to an activating group) is 1. The molecule has 1 saturated heterocycles. The van der Waals surface area contributed by atoms with Crippen LogP contribution in [0.1, 0.15) is 12.0 Å². The summed E-state index contributed by atoms with van der Waals surface area (Å²) in [6, 6.07) is 9.69. The molecule has 102 valence electrons. The van der Waals surface area contributed by atoms with Crippen molar-refractivity contribution < 1.29 is 4.74 Å². The molecule has 0 N–H and O–H groups in total. The van der Waals surface area contributed by atoms with Gasteiger partial charge >= 0.3 is 0 Å². The third kappa shape index (κ3) is 1.94. The minimum absolute atomic E-state index is 0.422. The van der Waals surface area contributed by atoms with E-state index in [0.717, 1.165) is 19.6 Å². The molecular formula is C17H18N2O. The predicted octanol–water partition coefficient (Wildman–Crippen LogP) is 2.72. The highest BCUT2D eigenvalue weighted by atomic mass is 16.5. The van der Waals surface area contributed by atoms with Crippen LogP contribution < -0.4 is 0 Å². The molecule has 3 heteroatoms. The molecule has 20 heavy (non-hydrogen) atoms. The summed E-state index contributed by atoms with van der Waals surface area (Å²) in [6.45, 7) is 1.66. The molecule has 4 rings (SSSR count). The number of rotatable bonds is 1. The van der Waals surface area contributed by atoms with Gasteiger partial charge < -0.3 is 4.74 Å². The molecule has 2 aliphatic rings. The van der Waals surface area contributed by atoms with Gasteiger partial charge in [0.2, 0.25) is 0 Å². The highest BCUT2D eigenvalue weighted by Gasteiger charge is 2.32. The molecule has 0 spiro atoms. The van der Waals surface area contributed by atoms with Crippen LogP contribution in [0.3, 0.4) is 0 Å². The second-order valence-corrected chi connectivity index (χ2v) is 5.76. The van der Waals surface area contributed by atoms with Crippen LogP contribution in [-0.2, 0) is 4.74 Å². The number of morpholine rings is 1. The van der Waals surface area contributed by atoms with Crippen LogP contribution in [0, 0.1) is 0 Å². The van der Waals surface area contributed by atoms with E-state index < -0.39 is 0 Å². The van der Waals surface area contributed by atoms with Crippen molar-refractivity contribution >= 4 is 16.3 Å². The molecule has 0 amide bonds. The highest BCUT2D eigenvalue weighted by molar-refractivity contribution is 5.85. The molecule has 1 fully saturated rings. The van der Waals surface area contributed by atoms with Crippen molar-refractivity contribution in [2.75, 3.05) is 20.3 Å². The lowest BCUT2D eigenvalue weighted by molar-refractivity contribution is -0.0221. The Balaban J connectivity index is 1.75. The van der Waals surface area contributed by atoms with Gasteiger partial charge in [0.1, 0.15) is 0 Å². The number of nitrogens with zero attached hydrogens (tertiary/aromatic N) is 2. The van der Waals surface area contributed by atoms with Crippen LogP contribution in [0.25, 0.3) is 16.3 Å². The first kappa shape index (κ1) is 12.1. The van der Waals surface area contributed by atoms with E-state index in [9.17, 15) is 0 Å². The van der Waals surface area contributed by atoms with Gasteiger partial charge in [0, 0.05) is 23.8 Å². The Morgan fingerprint density at radius 2 is 2.15 bits per heavy atom. The molecule has 2 unspecified atom stereocenters. The Bertz CT molecular complexity index is 679. The van der Waals surface area contributed by atoms with Crippen molar-refractivity contribution in [1.82, 2.24) is 9.88 Å². The summed E-state index contributed by atoms with van der Waals surface area (Å²) in [5.74, 6) is 0. The fourth-order valence-electron chi connectivity index (χ4n) is 3.25. The van der Waals surface area contributed by atoms with Crippen molar-refractivity contribution in [2.24, 2.45) is 0 Å². The summed E-state index contributed by atoms with van der Waals surface area (Å²) in [5, 5.41) is 2.46. The van der Waals surface area contributed by atoms with Crippen molar-refractivity contribution in [3.63, 3.8) is 0 Å². The van der Waals surface area contributed by atoms with Crippen LogP contribution in [0.4, 0.5) is 0 Å². The summed E-state index contributed by atoms with van der Waals surface area (Å²) >= 11 is 0. The van der Waals surface area contributed by atoms with Gasteiger partial charge in [-0.15, -0.1) is 0 Å². The van der Waals surface area contributed by atoms with Gasteiger partial charge in [-0.1, -0.05) is 18.2 Å². The lowest BCUT2D eigenvalue weighted by Gasteiger charge is -2.42. The Hall–Kier alpha value is -1.71. The second-order valence-electron chi connectivity index (χ2n) is 5.76. The SMILES string of the molecule is CN1C2C=C(c3ccc4cnccc4c3)CC1COC2. The van der Waals surface area contributed by atoms with E-state index in [2.05, 4.69) is 47.3 Å². The monoisotopic (exact) mass is 266 g/mol. The molecule has 2 atom stereocenters. The molecule has 2 aromatic rings. The van der Waals surface area contributed by atoms with E-state index in [-0.39, 0.29) is 0 Å². The van der Waals surface area contributed by atoms with Crippen LogP contribution in [-0.4, -0.2) is 42.2 Å². The van der Waals surface area contributed by atoms with E-state index in [1.807, 2.05) is 12.4 Å². The van der Waals surface area contributed by atoms with E-state index in [1.54, 1.807) is 0 Å². The van der Waals surface area contributed by atoms with E-state index >= 15 is 0 Å². The first-order valence-corrected chi connectivity index (χ1v) is 7.16. The lowest BCUT2D eigenvalue weighted by Crippen LogP contribution is -2.51. The molecule has 0 aliphatic carbocycles. The molecule has 3 nitrogen and oxygen atoms in total. The predicted molar refractivity (Wildman–Crippen MR) is 80.5 cm³/mol. The van der Waals surface area contributed by atoms with Crippen molar-refractivity contribution in [3.8, 4) is 0 Å². The fraction of sp³-hybridized carbons (Fsp3) is 0.353. The summed E-state index contributed by atoms with van der Waals surface area (Å²) in [6.07, 6.45) is 7.23. The molecule has 1 aromatic carbocycles. The highest BCUT2D eigenvalue weighted by Crippen LogP contribution is 2.32. The number of aromatic nitrogens is 1. The van der Waals surface area contributed by atoms with Gasteiger partial charge in [-0.25, -0.2) is 0 Å². The van der Waals surface area contributed by atoms with Gasteiger partial charge in [-0.2, -0.15) is 0 Å². The fourth-order valence-corrected chi connectivity index (χ4v) is 3.25. The van der Waals surface area contributed by atoms with Gasteiger partial charge in [-0.3, -0.25) is 9.88 Å². The van der Waals surface area contributed by atoms with Crippen LogP contribution in [0.5, 0.6) is 0 Å². The van der Waals surface area contributed by atoms with E-state index in [0.29, 0.717) is 12.1 Å². The average Bonchev–Trinajstić information content (AvgIpc) is 2.46. The summed E-state index contributed by atoms with van der Waals surface area (Å²) in [4.78, 5) is 6.62. The number of hydrogen-bond acceptors (Lipinski definition) is 3. The lowest BCUT2D eigenvalue weighted by atomic mass is 9.89. The van der Waals surface area contributed by atoms with Crippen LogP contribution in [0.2, 0.25) is 0 Å². The van der Waals surface area contributed by atoms with Crippen LogP contribution in [0.15, 0.2) is 42.7 Å². The number of pyridine rings is 1. The van der Waals surface area contributed by atoms with E-state index in [4.69, 9.17) is 4.74 Å². The molecule has 2 aliphatic heterocycles. The van der Waals surface area contributed by atoms with Gasteiger partial charge in [0.05, 0.1) is 19.3 Å². The Kier molecular flexibility index (Phi) is 2.83. The maximum atomic E-state index is 5.67. The number of ether oxygens (including phenoxy) is 1. The smallest absolute Gasteiger partial charge is 0.0658 e. The maximum Gasteiger partial charge on any atom is 0.0658 e. The largest absolute Gasteiger partial charge is 0.378 e. The normalized spacial score (nSPS) is 26.6. The zero-order valence-electron chi connectivity index (χ0n) is 11.6. The van der Waals surface area contributed by atoms with Gasteiger partial charge in [0.15, 0.2) is 0 Å². The topological polar surface area (TPSA) is 25.4 Å². The first-order chi connectivity index (χ1) is 9.81. The maximum absolute atomic E-state index is 5.67. The molecule has 3 heterocycles. The number of hydrogen-bond donors (Lipinski definition) is 0. The Morgan fingerprint density at radius 3 is 3.05 bits per heavy atom. The van der Waals surface area contributed by atoms with Gasteiger partial charge in [-0.05, 0) is 42.1 Å². The van der Waals surface area contributed by atoms with Crippen molar-refractivity contribution in [3.05, 3.63) is 48.3 Å². The number of benzene rings is 1. The summed E-state index contributed by atoms with van der Waals surface area (Å²) in [5.41, 5.74) is 2.80. The minimum atomic E-state index is 0.422. The quantitative estimate of drug-likeness (QED) is 0.793. The van der Waals surface area contributed by atoms with Crippen molar-refractivity contribution in [1.29, 1.82) is 0 Å². The van der Waals surface area contributed by atoms with Gasteiger partial charge in [0.25, 0.3) is 0 Å². The Labute approximate surface area is 118 Å². The third-order valence-electron chi connectivity index (χ3n) is 4.56. The van der Waals surface area contributed by atoms with Crippen molar-refractivity contribution in [2.45, 2.75) is 18.5 Å². The molecule has 0 radical (unpaired) electrons. The first-order valence-electron chi connectivity index (χ1n) is 7.16. The molecule has 2 bridgehead atoms. The Morgan fingerprint density at radius 1 is 1.20 bits per heavy atom. The second kappa shape index (κ2) is 4.69. The zero-order chi connectivity index (χ0) is 13.5. The molecule has 0 saturated carbocycles. The van der Waals surface area contributed by atoms with Crippen LogP contribution >= 0.6 is 0 Å². The standard InChI is InChI=1S/C17H18N2O/c1-19-16-7-15(8-17(19)11-20-10-16)12-2-3-14-9-18-5-4-13(14)6-12/h2-7,9,16-17H,8,10-11H2,1H3. The minimum Gasteiger partial charge on any atom is -0.378 e.